The summed E-state index contributed by atoms with van der Waals surface area (Å²) in [5, 5.41) is 6.01. The van der Waals surface area contributed by atoms with Crippen molar-refractivity contribution in [2.24, 2.45) is 0 Å². The van der Waals surface area contributed by atoms with Crippen molar-refractivity contribution >= 4 is 54.5 Å². The van der Waals surface area contributed by atoms with E-state index in [0.717, 1.165) is 50.3 Å². The third-order valence-electron chi connectivity index (χ3n) is 11.5. The van der Waals surface area contributed by atoms with Crippen LogP contribution in [0.15, 0.2) is 206 Å². The van der Waals surface area contributed by atoms with E-state index in [1.165, 1.54) is 38.0 Å². The van der Waals surface area contributed by atoms with Gasteiger partial charge in [0.2, 0.25) is 0 Å². The molecule has 59 heavy (non-hydrogen) atoms. The van der Waals surface area contributed by atoms with Gasteiger partial charge in [-0.3, -0.25) is 0 Å². The standard InChI is InChI=1S/C53H34N6/c1-5-15-35(16-6-1)51-54-52(36-17-7-2-8-18-36)56-53(55-51)37-25-27-40(28-26-37)59-48-43(31-32-46-45(48)33-34-57(46)38-19-9-3-10-20-38)44-30-29-42-41-23-13-14-24-47(41)58(49(42)50(44)59)39-21-11-4-12-22-39/h1-34H. The molecule has 0 saturated carbocycles. The Morgan fingerprint density at radius 3 is 1.36 bits per heavy atom. The summed E-state index contributed by atoms with van der Waals surface area (Å²) in [6, 6.07) is 70.4. The van der Waals surface area contributed by atoms with Crippen molar-refractivity contribution in [3.8, 4) is 51.2 Å². The Morgan fingerprint density at radius 1 is 0.271 bits per heavy atom. The van der Waals surface area contributed by atoms with Crippen molar-refractivity contribution in [3.05, 3.63) is 206 Å². The third kappa shape index (κ3) is 5.24. The van der Waals surface area contributed by atoms with Crippen molar-refractivity contribution in [2.75, 3.05) is 0 Å². The maximum Gasteiger partial charge on any atom is 0.164 e. The summed E-state index contributed by atoms with van der Waals surface area (Å²) in [4.78, 5) is 15.0. The average molecular weight is 755 g/mol. The summed E-state index contributed by atoms with van der Waals surface area (Å²) in [5.41, 5.74) is 11.9. The molecule has 0 amide bonds. The van der Waals surface area contributed by atoms with Gasteiger partial charge in [-0.25, -0.2) is 15.0 Å². The summed E-state index contributed by atoms with van der Waals surface area (Å²) in [5.74, 6) is 1.91. The van der Waals surface area contributed by atoms with Gasteiger partial charge in [0.25, 0.3) is 0 Å². The smallest absolute Gasteiger partial charge is 0.164 e. The van der Waals surface area contributed by atoms with Crippen LogP contribution in [0, 0.1) is 0 Å². The Morgan fingerprint density at radius 2 is 0.729 bits per heavy atom. The third-order valence-corrected chi connectivity index (χ3v) is 11.5. The molecule has 12 rings (SSSR count). The number of benzene rings is 8. The van der Waals surface area contributed by atoms with Gasteiger partial charge in [0, 0.05) is 66.9 Å². The fraction of sp³-hybridized carbons (Fsp3) is 0. The molecule has 0 saturated heterocycles. The first kappa shape index (κ1) is 33.1. The van der Waals surface area contributed by atoms with E-state index in [1.54, 1.807) is 0 Å². The fourth-order valence-electron chi connectivity index (χ4n) is 8.87. The molecule has 0 aliphatic rings. The molecule has 6 nitrogen and oxygen atoms in total. The number of para-hydroxylation sites is 3. The number of fused-ring (bicyclic) bond motifs is 9. The molecule has 0 bridgehead atoms. The zero-order chi connectivity index (χ0) is 38.9. The predicted molar refractivity (Wildman–Crippen MR) is 242 cm³/mol. The number of hydrogen-bond donors (Lipinski definition) is 0. The van der Waals surface area contributed by atoms with Gasteiger partial charge in [-0.1, -0.05) is 133 Å². The molecule has 0 aliphatic carbocycles. The SMILES string of the molecule is c1ccc(-c2nc(-c3ccccc3)nc(-c3ccc(-n4c5c(ccc6c5ccn6-c5ccccc5)c5ccc6c7ccccc7n(-c7ccccc7)c6c54)cc3)n2)cc1. The highest BCUT2D eigenvalue weighted by atomic mass is 15.1. The Balaban J connectivity index is 1.15. The predicted octanol–water partition coefficient (Wildman–Crippen LogP) is 13.0. The summed E-state index contributed by atoms with van der Waals surface area (Å²) < 4.78 is 7.20. The second-order valence-corrected chi connectivity index (χ2v) is 14.9. The summed E-state index contributed by atoms with van der Waals surface area (Å²) in [7, 11) is 0. The molecule has 4 heterocycles. The van der Waals surface area contributed by atoms with Crippen molar-refractivity contribution in [1.82, 2.24) is 28.7 Å². The van der Waals surface area contributed by atoms with Crippen molar-refractivity contribution in [2.45, 2.75) is 0 Å². The van der Waals surface area contributed by atoms with Crippen LogP contribution in [-0.4, -0.2) is 28.7 Å². The molecule has 0 N–H and O–H groups in total. The zero-order valence-corrected chi connectivity index (χ0v) is 31.8. The van der Waals surface area contributed by atoms with E-state index in [-0.39, 0.29) is 0 Å². The largest absolute Gasteiger partial charge is 0.316 e. The lowest BCUT2D eigenvalue weighted by Gasteiger charge is -2.14. The van der Waals surface area contributed by atoms with Crippen LogP contribution in [0.4, 0.5) is 0 Å². The van der Waals surface area contributed by atoms with Crippen molar-refractivity contribution in [3.63, 3.8) is 0 Å². The highest BCUT2D eigenvalue weighted by Crippen LogP contribution is 2.44. The molecular weight excluding hydrogens is 721 g/mol. The van der Waals surface area contributed by atoms with Crippen LogP contribution >= 0.6 is 0 Å². The maximum atomic E-state index is 5.04. The molecule has 0 atom stereocenters. The van der Waals surface area contributed by atoms with E-state index in [1.807, 2.05) is 60.7 Å². The van der Waals surface area contributed by atoms with Crippen LogP contribution in [0.1, 0.15) is 0 Å². The second-order valence-electron chi connectivity index (χ2n) is 14.9. The zero-order valence-electron chi connectivity index (χ0n) is 31.8. The Kier molecular flexibility index (Phi) is 7.43. The van der Waals surface area contributed by atoms with E-state index in [4.69, 9.17) is 15.0 Å². The van der Waals surface area contributed by atoms with Crippen LogP contribution in [-0.2, 0) is 0 Å². The first-order chi connectivity index (χ1) is 29.3. The molecule has 12 aromatic rings. The molecule has 0 fully saturated rings. The van der Waals surface area contributed by atoms with Gasteiger partial charge in [-0.05, 0) is 66.7 Å². The number of hydrogen-bond acceptors (Lipinski definition) is 3. The van der Waals surface area contributed by atoms with Gasteiger partial charge in [0.05, 0.1) is 27.6 Å². The van der Waals surface area contributed by atoms with E-state index >= 15 is 0 Å². The molecule has 0 unspecified atom stereocenters. The summed E-state index contributed by atoms with van der Waals surface area (Å²) in [6.45, 7) is 0. The van der Waals surface area contributed by atoms with E-state index in [9.17, 15) is 0 Å². The van der Waals surface area contributed by atoms with Crippen LogP contribution in [0.25, 0.3) is 106 Å². The molecule has 0 radical (unpaired) electrons. The molecule has 8 aromatic carbocycles. The first-order valence-electron chi connectivity index (χ1n) is 19.9. The minimum Gasteiger partial charge on any atom is -0.316 e. The Bertz CT molecular complexity index is 3450. The molecule has 6 heteroatoms. The average Bonchev–Trinajstić information content (AvgIpc) is 4.01. The fourth-order valence-corrected chi connectivity index (χ4v) is 8.87. The summed E-state index contributed by atoms with van der Waals surface area (Å²) >= 11 is 0. The van der Waals surface area contributed by atoms with Gasteiger partial charge >= 0.3 is 0 Å². The summed E-state index contributed by atoms with van der Waals surface area (Å²) in [6.07, 6.45) is 2.19. The van der Waals surface area contributed by atoms with Gasteiger partial charge in [0.1, 0.15) is 0 Å². The molecule has 276 valence electrons. The maximum absolute atomic E-state index is 5.04. The second kappa shape index (κ2) is 13.3. The lowest BCUT2D eigenvalue weighted by Crippen LogP contribution is -2.01. The van der Waals surface area contributed by atoms with Crippen LogP contribution in [0.2, 0.25) is 0 Å². The number of nitrogens with zero attached hydrogens (tertiary/aromatic N) is 6. The van der Waals surface area contributed by atoms with E-state index < -0.39 is 0 Å². The van der Waals surface area contributed by atoms with Gasteiger partial charge in [-0.15, -0.1) is 0 Å². The van der Waals surface area contributed by atoms with Gasteiger partial charge < -0.3 is 13.7 Å². The van der Waals surface area contributed by atoms with Crippen molar-refractivity contribution < 1.29 is 0 Å². The highest BCUT2D eigenvalue weighted by molar-refractivity contribution is 6.26. The van der Waals surface area contributed by atoms with Crippen molar-refractivity contribution in [1.29, 1.82) is 0 Å². The quantitative estimate of drug-likeness (QED) is 0.170. The lowest BCUT2D eigenvalue weighted by atomic mass is 10.1. The molecular formula is C53H34N6. The monoisotopic (exact) mass is 754 g/mol. The van der Waals surface area contributed by atoms with Crippen LogP contribution < -0.4 is 0 Å². The molecule has 0 spiro atoms. The van der Waals surface area contributed by atoms with Crippen LogP contribution in [0.5, 0.6) is 0 Å². The van der Waals surface area contributed by atoms with Gasteiger partial charge in [0.15, 0.2) is 17.5 Å². The lowest BCUT2D eigenvalue weighted by molar-refractivity contribution is 1.07. The highest BCUT2D eigenvalue weighted by Gasteiger charge is 2.23. The topological polar surface area (TPSA) is 53.5 Å². The van der Waals surface area contributed by atoms with E-state index in [0.29, 0.717) is 17.5 Å². The first-order valence-corrected chi connectivity index (χ1v) is 19.9. The number of rotatable bonds is 6. The van der Waals surface area contributed by atoms with Crippen LogP contribution in [0.3, 0.4) is 0 Å². The number of aromatic nitrogens is 6. The van der Waals surface area contributed by atoms with E-state index in [2.05, 4.69) is 159 Å². The normalized spacial score (nSPS) is 11.7. The minimum absolute atomic E-state index is 0.625. The molecule has 0 aliphatic heterocycles. The van der Waals surface area contributed by atoms with Gasteiger partial charge in [-0.2, -0.15) is 0 Å². The minimum atomic E-state index is 0.625. The molecule has 4 aromatic heterocycles. The Labute approximate surface area is 339 Å². The Hall–Kier alpha value is -8.09.